The van der Waals surface area contributed by atoms with Crippen LogP contribution in [0.4, 0.5) is 4.79 Å². The number of ether oxygens (including phenoxy) is 1. The highest BCUT2D eigenvalue weighted by Gasteiger charge is 2.33. The Kier molecular flexibility index (Phi) is 5.41. The third-order valence-electron chi connectivity index (χ3n) is 4.69. The lowest BCUT2D eigenvalue weighted by Crippen LogP contribution is -2.48. The van der Waals surface area contributed by atoms with E-state index >= 15 is 0 Å². The van der Waals surface area contributed by atoms with E-state index in [0.717, 1.165) is 10.9 Å². The van der Waals surface area contributed by atoms with E-state index in [-0.39, 0.29) is 6.04 Å². The summed E-state index contributed by atoms with van der Waals surface area (Å²) in [5.41, 5.74) is 1.08. The van der Waals surface area contributed by atoms with Crippen LogP contribution in [0.5, 0.6) is 0 Å². The first kappa shape index (κ1) is 19.2. The van der Waals surface area contributed by atoms with Gasteiger partial charge in [-0.3, -0.25) is 9.69 Å². The number of hydrogen-bond donors (Lipinski definition) is 3. The van der Waals surface area contributed by atoms with Crippen LogP contribution in [0.1, 0.15) is 45.3 Å². The number of likely N-dealkylation sites (tertiary alicyclic amines) is 1. The van der Waals surface area contributed by atoms with Crippen molar-refractivity contribution in [2.75, 3.05) is 13.1 Å². The number of H-pyrrole nitrogens is 1. The minimum absolute atomic E-state index is 0.00624. The van der Waals surface area contributed by atoms with Crippen molar-refractivity contribution in [1.29, 1.82) is 0 Å². The number of nitrogens with zero attached hydrogens (tertiary/aromatic N) is 1. The highest BCUT2D eigenvalue weighted by atomic mass is 16.6. The number of amides is 1. The Balaban J connectivity index is 1.64. The van der Waals surface area contributed by atoms with Crippen LogP contribution in [0.25, 0.3) is 10.9 Å². The van der Waals surface area contributed by atoms with Crippen LogP contribution in [0.15, 0.2) is 30.3 Å². The number of aliphatic carboxylic acids is 1. The molecule has 2 heterocycles. The number of carboxylic acids is 1. The van der Waals surface area contributed by atoms with Crippen LogP contribution in [0.2, 0.25) is 0 Å². The Hall–Kier alpha value is -2.54. The van der Waals surface area contributed by atoms with Crippen LogP contribution in [0.3, 0.4) is 0 Å². The molecule has 1 aliphatic heterocycles. The highest BCUT2D eigenvalue weighted by Crippen LogP contribution is 2.27. The SMILES string of the molecule is CC(C)(C)OC(=O)NC1CCN(C(C(=O)O)c2cc3ccccc3[nH]2)CC1. The molecule has 1 aliphatic rings. The smallest absolute Gasteiger partial charge is 0.407 e. The fourth-order valence-electron chi connectivity index (χ4n) is 3.51. The Labute approximate surface area is 158 Å². The van der Waals surface area contributed by atoms with E-state index in [1.165, 1.54) is 0 Å². The van der Waals surface area contributed by atoms with Gasteiger partial charge in [-0.2, -0.15) is 0 Å². The van der Waals surface area contributed by atoms with E-state index in [1.54, 1.807) is 0 Å². The summed E-state index contributed by atoms with van der Waals surface area (Å²) in [7, 11) is 0. The second-order valence-corrected chi connectivity index (χ2v) is 8.01. The van der Waals surface area contributed by atoms with Crippen molar-refractivity contribution in [3.05, 3.63) is 36.0 Å². The number of benzene rings is 1. The maximum Gasteiger partial charge on any atom is 0.407 e. The predicted octanol–water partition coefficient (Wildman–Crippen LogP) is 3.28. The van der Waals surface area contributed by atoms with Gasteiger partial charge in [-0.25, -0.2) is 4.79 Å². The minimum Gasteiger partial charge on any atom is -0.480 e. The number of aromatic nitrogens is 1. The van der Waals surface area contributed by atoms with Crippen LogP contribution in [-0.2, 0) is 9.53 Å². The molecule has 3 rings (SSSR count). The highest BCUT2D eigenvalue weighted by molar-refractivity contribution is 5.83. The van der Waals surface area contributed by atoms with E-state index in [1.807, 2.05) is 56.0 Å². The van der Waals surface area contributed by atoms with E-state index in [4.69, 9.17) is 4.74 Å². The molecule has 3 N–H and O–H groups in total. The summed E-state index contributed by atoms with van der Waals surface area (Å²) in [6.45, 7) is 6.66. The van der Waals surface area contributed by atoms with Crippen molar-refractivity contribution >= 4 is 23.0 Å². The number of carboxylic acid groups (broad SMARTS) is 1. The fraction of sp³-hybridized carbons (Fsp3) is 0.500. The van der Waals surface area contributed by atoms with Gasteiger partial charge >= 0.3 is 12.1 Å². The summed E-state index contributed by atoms with van der Waals surface area (Å²) in [5, 5.41) is 13.7. The van der Waals surface area contributed by atoms with Gasteiger partial charge in [0.05, 0.1) is 0 Å². The summed E-state index contributed by atoms with van der Waals surface area (Å²) >= 11 is 0. The van der Waals surface area contributed by atoms with E-state index in [2.05, 4.69) is 10.3 Å². The molecule has 1 amide bonds. The molecule has 7 heteroatoms. The van der Waals surface area contributed by atoms with Gasteiger partial charge in [0.1, 0.15) is 11.6 Å². The molecule has 0 bridgehead atoms. The number of fused-ring (bicyclic) bond motifs is 1. The molecule has 0 aliphatic carbocycles. The van der Waals surface area contributed by atoms with Gasteiger partial charge in [-0.05, 0) is 51.1 Å². The number of alkyl carbamates (subject to hydrolysis) is 1. The number of rotatable bonds is 4. The van der Waals surface area contributed by atoms with Gasteiger partial charge in [-0.15, -0.1) is 0 Å². The molecule has 0 radical (unpaired) electrons. The first-order valence-corrected chi connectivity index (χ1v) is 9.27. The number of carbonyl (C=O) groups excluding carboxylic acids is 1. The molecule has 27 heavy (non-hydrogen) atoms. The molecule has 1 fully saturated rings. The predicted molar refractivity (Wildman–Crippen MR) is 103 cm³/mol. The third kappa shape index (κ3) is 4.80. The Morgan fingerprint density at radius 3 is 2.52 bits per heavy atom. The molecule has 1 saturated heterocycles. The van der Waals surface area contributed by atoms with E-state index in [0.29, 0.717) is 31.6 Å². The maximum atomic E-state index is 11.9. The van der Waals surface area contributed by atoms with E-state index in [9.17, 15) is 14.7 Å². The number of aromatic amines is 1. The molecular formula is C20H27N3O4. The van der Waals surface area contributed by atoms with Crippen molar-refractivity contribution in [2.45, 2.75) is 51.3 Å². The average Bonchev–Trinajstić information content (AvgIpc) is 2.97. The van der Waals surface area contributed by atoms with Crippen molar-refractivity contribution < 1.29 is 19.4 Å². The van der Waals surface area contributed by atoms with Gasteiger partial charge < -0.3 is 20.1 Å². The zero-order valence-corrected chi connectivity index (χ0v) is 16.0. The molecule has 0 spiro atoms. The summed E-state index contributed by atoms with van der Waals surface area (Å²) in [6, 6.07) is 8.93. The van der Waals surface area contributed by atoms with Gasteiger partial charge in [0.25, 0.3) is 0 Å². The van der Waals surface area contributed by atoms with Crippen LogP contribution >= 0.6 is 0 Å². The molecule has 2 aromatic rings. The number of hydrogen-bond acceptors (Lipinski definition) is 4. The number of carbonyl (C=O) groups is 2. The quantitative estimate of drug-likeness (QED) is 0.764. The molecule has 1 aromatic heterocycles. The van der Waals surface area contributed by atoms with Gasteiger partial charge in [0, 0.05) is 30.3 Å². The molecular weight excluding hydrogens is 346 g/mol. The molecule has 146 valence electrons. The van der Waals surface area contributed by atoms with Crippen LogP contribution in [-0.4, -0.2) is 51.8 Å². The summed E-state index contributed by atoms with van der Waals surface area (Å²) in [5.74, 6) is -0.875. The topological polar surface area (TPSA) is 94.7 Å². The second kappa shape index (κ2) is 7.60. The molecule has 1 unspecified atom stereocenters. The molecule has 0 saturated carbocycles. The number of nitrogens with one attached hydrogen (secondary N) is 2. The standard InChI is InChI=1S/C20H27N3O4/c1-20(2,3)27-19(26)21-14-8-10-23(11-9-14)17(18(24)25)16-12-13-6-4-5-7-15(13)22-16/h4-7,12,14,17,22H,8-11H2,1-3H3,(H,21,26)(H,24,25). The average molecular weight is 373 g/mol. The summed E-state index contributed by atoms with van der Waals surface area (Å²) in [6.07, 6.45) is 0.943. The Bertz CT molecular complexity index is 783. The third-order valence-corrected chi connectivity index (χ3v) is 4.69. The maximum absolute atomic E-state index is 11.9. The van der Waals surface area contributed by atoms with Crippen LogP contribution in [0, 0.1) is 0 Å². The van der Waals surface area contributed by atoms with Crippen molar-refractivity contribution in [3.63, 3.8) is 0 Å². The molecule has 7 nitrogen and oxygen atoms in total. The first-order valence-electron chi connectivity index (χ1n) is 9.27. The van der Waals surface area contributed by atoms with Crippen molar-refractivity contribution in [2.24, 2.45) is 0 Å². The minimum atomic E-state index is -0.875. The lowest BCUT2D eigenvalue weighted by molar-refractivity contribution is -0.144. The molecule has 1 aromatic carbocycles. The van der Waals surface area contributed by atoms with Crippen molar-refractivity contribution in [1.82, 2.24) is 15.2 Å². The van der Waals surface area contributed by atoms with Gasteiger partial charge in [0.2, 0.25) is 0 Å². The summed E-state index contributed by atoms with van der Waals surface area (Å²) < 4.78 is 5.29. The van der Waals surface area contributed by atoms with Gasteiger partial charge in [0.15, 0.2) is 0 Å². The van der Waals surface area contributed by atoms with Crippen molar-refractivity contribution in [3.8, 4) is 0 Å². The van der Waals surface area contributed by atoms with Crippen LogP contribution < -0.4 is 5.32 Å². The number of piperidine rings is 1. The number of para-hydroxylation sites is 1. The first-order chi connectivity index (χ1) is 12.7. The fourth-order valence-corrected chi connectivity index (χ4v) is 3.51. The Morgan fingerprint density at radius 1 is 1.26 bits per heavy atom. The zero-order valence-electron chi connectivity index (χ0n) is 16.0. The molecule has 1 atom stereocenters. The monoisotopic (exact) mass is 373 g/mol. The summed E-state index contributed by atoms with van der Waals surface area (Å²) in [4.78, 5) is 29.0. The second-order valence-electron chi connectivity index (χ2n) is 8.01. The van der Waals surface area contributed by atoms with Gasteiger partial charge in [-0.1, -0.05) is 18.2 Å². The Morgan fingerprint density at radius 2 is 1.93 bits per heavy atom. The lowest BCUT2D eigenvalue weighted by atomic mass is 10.0. The lowest BCUT2D eigenvalue weighted by Gasteiger charge is -2.35. The largest absolute Gasteiger partial charge is 0.480 e. The normalized spacial score (nSPS) is 17.6. The van der Waals surface area contributed by atoms with E-state index < -0.39 is 23.7 Å². The zero-order chi connectivity index (χ0) is 19.6.